The Morgan fingerprint density at radius 1 is 1.07 bits per heavy atom. The number of carbonyl (C=O) groups excluding carboxylic acids is 1. The van der Waals surface area contributed by atoms with Crippen molar-refractivity contribution in [3.05, 3.63) is 67.2 Å². The lowest BCUT2D eigenvalue weighted by atomic mass is 10.1. The van der Waals surface area contributed by atoms with E-state index in [1.807, 2.05) is 4.90 Å². The van der Waals surface area contributed by atoms with E-state index in [1.54, 1.807) is 11.9 Å². The van der Waals surface area contributed by atoms with Crippen molar-refractivity contribution in [2.45, 2.75) is 6.54 Å². The van der Waals surface area contributed by atoms with Crippen molar-refractivity contribution in [3.8, 4) is 0 Å². The average Bonchev–Trinajstić information content (AvgIpc) is 2.66. The first-order chi connectivity index (χ1) is 12.8. The van der Waals surface area contributed by atoms with Crippen LogP contribution >= 0.6 is 11.6 Å². The standard InChI is InChI=1S/C18H20ClFN4O3/c1-21-13(10-16(25)22(2)18(21)27)11-23-5-7-24(8-6-23)17(26)14-9-12(19)3-4-15(14)20/h3-4,9-10H,5-8,11H2,1-2H3. The number of rotatable bonds is 3. The summed E-state index contributed by atoms with van der Waals surface area (Å²) in [6.07, 6.45) is 0. The molecule has 0 N–H and O–H groups in total. The normalized spacial score (nSPS) is 15.2. The van der Waals surface area contributed by atoms with Gasteiger partial charge < -0.3 is 4.90 Å². The van der Waals surface area contributed by atoms with E-state index in [4.69, 9.17) is 11.6 Å². The molecular weight excluding hydrogens is 375 g/mol. The molecule has 0 unspecified atom stereocenters. The molecule has 2 heterocycles. The molecule has 1 aliphatic rings. The fourth-order valence-corrected chi connectivity index (χ4v) is 3.27. The lowest BCUT2D eigenvalue weighted by Gasteiger charge is -2.35. The topological polar surface area (TPSA) is 67.5 Å². The molecule has 1 aromatic carbocycles. The second-order valence-electron chi connectivity index (χ2n) is 6.57. The van der Waals surface area contributed by atoms with Crippen LogP contribution in [0, 0.1) is 5.82 Å². The Hall–Kier alpha value is -2.45. The van der Waals surface area contributed by atoms with E-state index in [2.05, 4.69) is 0 Å². The molecule has 3 rings (SSSR count). The van der Waals surface area contributed by atoms with E-state index < -0.39 is 11.7 Å². The molecule has 0 atom stereocenters. The fraction of sp³-hybridized carbons (Fsp3) is 0.389. The van der Waals surface area contributed by atoms with E-state index in [9.17, 15) is 18.8 Å². The summed E-state index contributed by atoms with van der Waals surface area (Å²) in [6, 6.07) is 5.36. The van der Waals surface area contributed by atoms with Crippen molar-refractivity contribution >= 4 is 17.5 Å². The zero-order valence-corrected chi connectivity index (χ0v) is 15.9. The molecule has 0 saturated carbocycles. The molecule has 9 heteroatoms. The molecule has 1 aromatic heterocycles. The van der Waals surface area contributed by atoms with Crippen LogP contribution in [-0.2, 0) is 20.6 Å². The minimum absolute atomic E-state index is 0.0371. The molecule has 7 nitrogen and oxygen atoms in total. The smallest absolute Gasteiger partial charge is 0.330 e. The van der Waals surface area contributed by atoms with Crippen molar-refractivity contribution in [2.75, 3.05) is 26.2 Å². The van der Waals surface area contributed by atoms with Gasteiger partial charge in [-0.15, -0.1) is 0 Å². The summed E-state index contributed by atoms with van der Waals surface area (Å²) in [7, 11) is 3.06. The van der Waals surface area contributed by atoms with Crippen LogP contribution in [0.25, 0.3) is 0 Å². The molecule has 2 aromatic rings. The van der Waals surface area contributed by atoms with Crippen LogP contribution in [0.4, 0.5) is 4.39 Å². The van der Waals surface area contributed by atoms with Crippen molar-refractivity contribution in [1.29, 1.82) is 0 Å². The molecule has 0 spiro atoms. The Morgan fingerprint density at radius 2 is 1.74 bits per heavy atom. The van der Waals surface area contributed by atoms with Crippen molar-refractivity contribution in [2.24, 2.45) is 14.1 Å². The van der Waals surface area contributed by atoms with E-state index >= 15 is 0 Å². The lowest BCUT2D eigenvalue weighted by molar-refractivity contribution is 0.0621. The predicted molar refractivity (Wildman–Crippen MR) is 99.5 cm³/mol. The van der Waals surface area contributed by atoms with Gasteiger partial charge in [0.05, 0.1) is 5.56 Å². The van der Waals surface area contributed by atoms with Gasteiger partial charge in [0.2, 0.25) is 0 Å². The Bertz CT molecular complexity index is 993. The number of benzene rings is 1. The number of halogens is 2. The summed E-state index contributed by atoms with van der Waals surface area (Å²) >= 11 is 5.86. The summed E-state index contributed by atoms with van der Waals surface area (Å²) in [6.45, 7) is 2.37. The number of nitrogens with zero attached hydrogens (tertiary/aromatic N) is 4. The molecule has 1 saturated heterocycles. The third kappa shape index (κ3) is 3.96. The molecule has 1 aliphatic heterocycles. The van der Waals surface area contributed by atoms with Crippen LogP contribution in [0.5, 0.6) is 0 Å². The first-order valence-electron chi connectivity index (χ1n) is 8.50. The predicted octanol–water partition coefficient (Wildman–Crippen LogP) is 0.835. The molecule has 0 radical (unpaired) electrons. The molecule has 0 aliphatic carbocycles. The zero-order valence-electron chi connectivity index (χ0n) is 15.1. The number of hydrogen-bond acceptors (Lipinski definition) is 4. The minimum atomic E-state index is -0.595. The Labute approximate surface area is 160 Å². The van der Waals surface area contributed by atoms with Crippen LogP contribution in [0.3, 0.4) is 0 Å². The largest absolute Gasteiger partial charge is 0.336 e. The first-order valence-corrected chi connectivity index (χ1v) is 8.88. The summed E-state index contributed by atoms with van der Waals surface area (Å²) < 4.78 is 16.4. The lowest BCUT2D eigenvalue weighted by Crippen LogP contribution is -2.49. The minimum Gasteiger partial charge on any atom is -0.336 e. The van der Waals surface area contributed by atoms with Gasteiger partial charge in [-0.25, -0.2) is 9.18 Å². The van der Waals surface area contributed by atoms with Gasteiger partial charge in [0.25, 0.3) is 11.5 Å². The molecule has 144 valence electrons. The number of piperazine rings is 1. The quantitative estimate of drug-likeness (QED) is 0.773. The SMILES string of the molecule is Cn1c(CN2CCN(C(=O)c3cc(Cl)ccc3F)CC2)cc(=O)n(C)c1=O. The van der Waals surface area contributed by atoms with E-state index in [0.717, 1.165) is 4.57 Å². The number of aromatic nitrogens is 2. The second-order valence-corrected chi connectivity index (χ2v) is 7.00. The van der Waals surface area contributed by atoms with E-state index in [-0.39, 0.29) is 16.8 Å². The van der Waals surface area contributed by atoms with Gasteiger partial charge in [-0.3, -0.25) is 23.6 Å². The Balaban J connectivity index is 1.68. The van der Waals surface area contributed by atoms with E-state index in [1.165, 1.54) is 35.9 Å². The number of amides is 1. The molecule has 0 bridgehead atoms. The number of hydrogen-bond donors (Lipinski definition) is 0. The maximum atomic E-state index is 13.9. The Morgan fingerprint density at radius 3 is 2.41 bits per heavy atom. The van der Waals surface area contributed by atoms with E-state index in [0.29, 0.717) is 43.4 Å². The van der Waals surface area contributed by atoms with Crippen molar-refractivity contribution in [1.82, 2.24) is 18.9 Å². The van der Waals surface area contributed by atoms with Gasteiger partial charge in [-0.1, -0.05) is 11.6 Å². The number of carbonyl (C=O) groups is 1. The van der Waals surface area contributed by atoms with Gasteiger partial charge in [0.1, 0.15) is 5.82 Å². The zero-order chi connectivity index (χ0) is 19.7. The van der Waals surface area contributed by atoms with Crippen LogP contribution in [0.1, 0.15) is 16.1 Å². The maximum Gasteiger partial charge on any atom is 0.330 e. The van der Waals surface area contributed by atoms with Gasteiger partial charge in [0.15, 0.2) is 0 Å². The molecular formula is C18H20ClFN4O3. The first kappa shape index (κ1) is 19.3. The Kier molecular flexibility index (Phi) is 5.48. The summed E-state index contributed by atoms with van der Waals surface area (Å²) in [5.74, 6) is -0.988. The maximum absolute atomic E-state index is 13.9. The third-order valence-electron chi connectivity index (χ3n) is 4.83. The highest BCUT2D eigenvalue weighted by molar-refractivity contribution is 6.31. The highest BCUT2D eigenvalue weighted by Crippen LogP contribution is 2.18. The highest BCUT2D eigenvalue weighted by atomic mass is 35.5. The van der Waals surface area contributed by atoms with Gasteiger partial charge >= 0.3 is 5.69 Å². The van der Waals surface area contributed by atoms with Crippen LogP contribution in [0.2, 0.25) is 5.02 Å². The molecule has 1 amide bonds. The van der Waals surface area contributed by atoms with Crippen molar-refractivity contribution < 1.29 is 9.18 Å². The summed E-state index contributed by atoms with van der Waals surface area (Å²) in [5.41, 5.74) is -0.144. The van der Waals surface area contributed by atoms with Crippen molar-refractivity contribution in [3.63, 3.8) is 0 Å². The van der Waals surface area contributed by atoms with Gasteiger partial charge in [0, 0.05) is 63.6 Å². The summed E-state index contributed by atoms with van der Waals surface area (Å²) in [5, 5.41) is 0.310. The third-order valence-corrected chi connectivity index (χ3v) is 5.06. The second kappa shape index (κ2) is 7.66. The average molecular weight is 395 g/mol. The van der Waals surface area contributed by atoms with Gasteiger partial charge in [-0.2, -0.15) is 0 Å². The highest BCUT2D eigenvalue weighted by Gasteiger charge is 2.25. The molecule has 27 heavy (non-hydrogen) atoms. The molecule has 1 fully saturated rings. The fourth-order valence-electron chi connectivity index (χ4n) is 3.10. The van der Waals surface area contributed by atoms with Crippen LogP contribution in [-0.4, -0.2) is 51.0 Å². The summed E-state index contributed by atoms with van der Waals surface area (Å²) in [4.78, 5) is 40.0. The van der Waals surface area contributed by atoms with Gasteiger partial charge in [-0.05, 0) is 18.2 Å². The van der Waals surface area contributed by atoms with Crippen LogP contribution < -0.4 is 11.2 Å². The monoisotopic (exact) mass is 394 g/mol. The van der Waals surface area contributed by atoms with Crippen LogP contribution in [0.15, 0.2) is 33.9 Å².